The molecule has 3 aromatic rings. The highest BCUT2D eigenvalue weighted by Gasteiger charge is 2.24. The van der Waals surface area contributed by atoms with Crippen LogP contribution in [0.5, 0.6) is 0 Å². The van der Waals surface area contributed by atoms with E-state index in [9.17, 15) is 8.42 Å². The van der Waals surface area contributed by atoms with Gasteiger partial charge in [-0.2, -0.15) is 0 Å². The Morgan fingerprint density at radius 1 is 1.24 bits per heavy atom. The number of nitrogens with zero attached hydrogens (tertiary/aromatic N) is 1. The molecule has 2 aromatic heterocycles. The average molecular weight is 411 g/mol. The second kappa shape index (κ2) is 8.17. The number of benzene rings is 1. The molecular formula is C23H23FN2O2S. The molecule has 0 bridgehead atoms. The van der Waals surface area contributed by atoms with Crippen molar-refractivity contribution in [2.45, 2.75) is 26.0 Å². The second-order valence-electron chi connectivity index (χ2n) is 6.96. The number of H-pyrrole nitrogens is 1. The molecule has 1 aromatic carbocycles. The molecule has 0 aliphatic carbocycles. The molecule has 3 rings (SSSR count). The summed E-state index contributed by atoms with van der Waals surface area (Å²) in [7, 11) is -3.58. The third kappa shape index (κ3) is 4.07. The van der Waals surface area contributed by atoms with Crippen molar-refractivity contribution in [2.75, 3.05) is 0 Å². The molecule has 1 N–H and O–H groups in total. The molecule has 29 heavy (non-hydrogen) atoms. The number of aromatic amines is 1. The van der Waals surface area contributed by atoms with Crippen molar-refractivity contribution in [1.29, 1.82) is 0 Å². The van der Waals surface area contributed by atoms with Gasteiger partial charge < -0.3 is 4.98 Å². The number of sulfone groups is 1. The van der Waals surface area contributed by atoms with Crippen molar-refractivity contribution in [3.8, 4) is 11.1 Å². The Balaban J connectivity index is 2.07. The van der Waals surface area contributed by atoms with Gasteiger partial charge in [0, 0.05) is 28.9 Å². The first kappa shape index (κ1) is 20.7. The second-order valence-corrected chi connectivity index (χ2v) is 9.48. The van der Waals surface area contributed by atoms with Crippen LogP contribution in [0.15, 0.2) is 72.4 Å². The van der Waals surface area contributed by atoms with Crippen molar-refractivity contribution in [3.05, 3.63) is 83.8 Å². The Kier molecular flexibility index (Phi) is 5.84. The monoisotopic (exact) mass is 410 g/mol. The van der Waals surface area contributed by atoms with Gasteiger partial charge in [0.15, 0.2) is 9.84 Å². The summed E-state index contributed by atoms with van der Waals surface area (Å²) in [6.07, 6.45) is 8.52. The van der Waals surface area contributed by atoms with Crippen molar-refractivity contribution in [2.24, 2.45) is 0 Å². The largest absolute Gasteiger partial charge is 0.346 e. The van der Waals surface area contributed by atoms with Gasteiger partial charge in [0.2, 0.25) is 0 Å². The highest BCUT2D eigenvalue weighted by atomic mass is 32.2. The van der Waals surface area contributed by atoms with Crippen LogP contribution in [0, 0.1) is 5.82 Å². The Morgan fingerprint density at radius 2 is 2.00 bits per heavy atom. The molecule has 0 unspecified atom stereocenters. The van der Waals surface area contributed by atoms with E-state index in [0.717, 1.165) is 11.0 Å². The molecule has 2 heterocycles. The summed E-state index contributed by atoms with van der Waals surface area (Å²) in [5.41, 5.74) is 2.61. The molecule has 0 spiro atoms. The number of allylic oxidation sites excluding steroid dienone is 4. The first-order chi connectivity index (χ1) is 13.8. The van der Waals surface area contributed by atoms with Gasteiger partial charge in [0.1, 0.15) is 11.5 Å². The predicted molar refractivity (Wildman–Crippen MR) is 117 cm³/mol. The zero-order chi connectivity index (χ0) is 21.2. The van der Waals surface area contributed by atoms with Gasteiger partial charge in [-0.25, -0.2) is 17.8 Å². The van der Waals surface area contributed by atoms with E-state index in [-0.39, 0.29) is 4.91 Å². The van der Waals surface area contributed by atoms with Crippen LogP contribution in [0.4, 0.5) is 4.39 Å². The summed E-state index contributed by atoms with van der Waals surface area (Å²) in [5, 5.41) is 0.267. The van der Waals surface area contributed by atoms with Crippen molar-refractivity contribution in [3.63, 3.8) is 0 Å². The fraction of sp³-hybridized carbons (Fsp3) is 0.174. The summed E-state index contributed by atoms with van der Waals surface area (Å²) in [6, 6.07) is 8.41. The van der Waals surface area contributed by atoms with E-state index in [1.807, 2.05) is 19.1 Å². The molecule has 0 fully saturated rings. The number of nitrogens with one attached hydrogen (secondary N) is 1. The van der Waals surface area contributed by atoms with E-state index >= 15 is 4.39 Å². The molecule has 6 heteroatoms. The summed E-state index contributed by atoms with van der Waals surface area (Å²) >= 11 is 0. The van der Waals surface area contributed by atoms with Crippen LogP contribution in [-0.2, 0) is 9.84 Å². The van der Waals surface area contributed by atoms with E-state index in [1.54, 1.807) is 56.6 Å². The summed E-state index contributed by atoms with van der Waals surface area (Å²) in [4.78, 5) is 7.29. The van der Waals surface area contributed by atoms with Crippen LogP contribution >= 0.6 is 0 Å². The number of aromatic nitrogens is 2. The number of hydrogen-bond donors (Lipinski definition) is 1. The highest BCUT2D eigenvalue weighted by molar-refractivity contribution is 7.96. The highest BCUT2D eigenvalue weighted by Crippen LogP contribution is 2.32. The summed E-state index contributed by atoms with van der Waals surface area (Å²) < 4.78 is 40.2. The SMILES string of the molecule is C=C(/C(=C\C=C/C)c1ccc(-c2cnc3[nH]ccc3c2)c(F)c1)S(=O)(=O)C(C)C. The molecule has 0 amide bonds. The minimum Gasteiger partial charge on any atom is -0.346 e. The van der Waals surface area contributed by atoms with Gasteiger partial charge in [-0.05, 0) is 50.1 Å². The lowest BCUT2D eigenvalue weighted by Gasteiger charge is -2.15. The van der Waals surface area contributed by atoms with Crippen molar-refractivity contribution >= 4 is 26.4 Å². The number of fused-ring (bicyclic) bond motifs is 1. The third-order valence-electron chi connectivity index (χ3n) is 4.71. The molecule has 0 aliphatic rings. The zero-order valence-corrected chi connectivity index (χ0v) is 17.4. The molecule has 0 aliphatic heterocycles. The van der Waals surface area contributed by atoms with Gasteiger partial charge in [0.25, 0.3) is 0 Å². The van der Waals surface area contributed by atoms with Crippen LogP contribution in [0.25, 0.3) is 27.7 Å². The number of pyridine rings is 1. The topological polar surface area (TPSA) is 62.8 Å². The fourth-order valence-corrected chi connectivity index (χ4v) is 4.05. The Morgan fingerprint density at radius 3 is 2.66 bits per heavy atom. The molecular weight excluding hydrogens is 387 g/mol. The van der Waals surface area contributed by atoms with Crippen LogP contribution in [0.1, 0.15) is 26.3 Å². The van der Waals surface area contributed by atoms with E-state index in [4.69, 9.17) is 0 Å². The Hall–Kier alpha value is -2.99. The summed E-state index contributed by atoms with van der Waals surface area (Å²) in [5.74, 6) is -0.458. The smallest absolute Gasteiger partial charge is 0.180 e. The minimum absolute atomic E-state index is 0.0202. The van der Waals surface area contributed by atoms with Gasteiger partial charge in [-0.1, -0.05) is 36.9 Å². The lowest BCUT2D eigenvalue weighted by Crippen LogP contribution is -2.16. The molecule has 0 atom stereocenters. The first-order valence-corrected chi connectivity index (χ1v) is 10.8. The van der Waals surface area contributed by atoms with E-state index in [1.165, 1.54) is 6.07 Å². The Bertz CT molecular complexity index is 1230. The van der Waals surface area contributed by atoms with Crippen molar-refractivity contribution in [1.82, 2.24) is 9.97 Å². The maximum atomic E-state index is 15.0. The van der Waals surface area contributed by atoms with Gasteiger partial charge in [-0.15, -0.1) is 0 Å². The first-order valence-electron chi connectivity index (χ1n) is 9.25. The quantitative estimate of drug-likeness (QED) is 0.533. The normalized spacial score (nSPS) is 12.9. The molecule has 0 saturated heterocycles. The lowest BCUT2D eigenvalue weighted by atomic mass is 9.99. The van der Waals surface area contributed by atoms with E-state index < -0.39 is 20.9 Å². The van der Waals surface area contributed by atoms with Gasteiger partial charge in [-0.3, -0.25) is 0 Å². The Labute approximate surface area is 170 Å². The number of hydrogen-bond acceptors (Lipinski definition) is 3. The zero-order valence-electron chi connectivity index (χ0n) is 16.6. The van der Waals surface area contributed by atoms with Crippen LogP contribution in [0.2, 0.25) is 0 Å². The van der Waals surface area contributed by atoms with Crippen LogP contribution in [-0.4, -0.2) is 23.6 Å². The standard InChI is InChI=1S/C23H23FN2O2S/c1-5-6-7-20(16(4)29(27,28)15(2)3)17-8-9-21(22(24)13-17)19-12-18-10-11-25-23(18)26-14-19/h5-15H,4H2,1-3H3,(H,25,26)/b6-5-,20-7+. The average Bonchev–Trinajstić information content (AvgIpc) is 3.15. The maximum absolute atomic E-state index is 15.0. The molecule has 0 radical (unpaired) electrons. The van der Waals surface area contributed by atoms with Gasteiger partial charge >= 0.3 is 0 Å². The van der Waals surface area contributed by atoms with Crippen LogP contribution < -0.4 is 0 Å². The maximum Gasteiger partial charge on any atom is 0.180 e. The van der Waals surface area contributed by atoms with E-state index in [0.29, 0.717) is 22.3 Å². The predicted octanol–water partition coefficient (Wildman–Crippen LogP) is 5.67. The molecule has 150 valence electrons. The fourth-order valence-electron chi connectivity index (χ4n) is 2.98. The van der Waals surface area contributed by atoms with Gasteiger partial charge in [0.05, 0.1) is 10.2 Å². The molecule has 4 nitrogen and oxygen atoms in total. The number of rotatable bonds is 6. The minimum atomic E-state index is -3.58. The summed E-state index contributed by atoms with van der Waals surface area (Å²) in [6.45, 7) is 8.81. The number of halogens is 1. The van der Waals surface area contributed by atoms with E-state index in [2.05, 4.69) is 16.5 Å². The third-order valence-corrected chi connectivity index (χ3v) is 6.86. The van der Waals surface area contributed by atoms with Crippen LogP contribution in [0.3, 0.4) is 0 Å². The molecule has 0 saturated carbocycles. The van der Waals surface area contributed by atoms with Crippen molar-refractivity contribution < 1.29 is 12.8 Å². The lowest BCUT2D eigenvalue weighted by molar-refractivity contribution is 0.595.